The number of amides is 1. The van der Waals surface area contributed by atoms with E-state index in [-0.39, 0.29) is 18.6 Å². The molecule has 0 aliphatic carbocycles. The summed E-state index contributed by atoms with van der Waals surface area (Å²) in [5.74, 6) is 0.580. The zero-order valence-corrected chi connectivity index (χ0v) is 10.8. The van der Waals surface area contributed by atoms with Crippen LogP contribution in [0, 0.1) is 0 Å². The molecule has 0 aliphatic heterocycles. The third kappa shape index (κ3) is 3.60. The Labute approximate surface area is 107 Å². The topological polar surface area (TPSA) is 49.8 Å². The molecule has 0 aromatic heterocycles. The smallest absolute Gasteiger partial charge is 0.253 e. The summed E-state index contributed by atoms with van der Waals surface area (Å²) in [6, 6.07) is 6.71. The molecule has 0 bridgehead atoms. The van der Waals surface area contributed by atoms with Crippen LogP contribution in [0.25, 0.3) is 0 Å². The maximum Gasteiger partial charge on any atom is 0.253 e. The first-order valence-corrected chi connectivity index (χ1v) is 5.82. The van der Waals surface area contributed by atoms with Crippen LogP contribution in [-0.4, -0.2) is 42.2 Å². The van der Waals surface area contributed by atoms with Crippen molar-refractivity contribution in [3.63, 3.8) is 0 Å². The van der Waals surface area contributed by atoms with E-state index in [1.54, 1.807) is 44.3 Å². The molecule has 0 saturated heterocycles. The average molecular weight is 249 g/mol. The van der Waals surface area contributed by atoms with Crippen LogP contribution in [0.4, 0.5) is 0 Å². The lowest BCUT2D eigenvalue weighted by molar-refractivity contribution is 0.0682. The molecule has 18 heavy (non-hydrogen) atoms. The van der Waals surface area contributed by atoms with Gasteiger partial charge in [-0.25, -0.2) is 0 Å². The Kier molecular flexibility index (Phi) is 5.39. The predicted molar refractivity (Wildman–Crippen MR) is 70.8 cm³/mol. The number of hydrogen-bond acceptors (Lipinski definition) is 3. The zero-order chi connectivity index (χ0) is 13.5. The number of ether oxygens (including phenoxy) is 1. The summed E-state index contributed by atoms with van der Waals surface area (Å²) in [6.07, 6.45) is 1.66. The van der Waals surface area contributed by atoms with Gasteiger partial charge in [0.1, 0.15) is 12.4 Å². The van der Waals surface area contributed by atoms with Gasteiger partial charge in [-0.3, -0.25) is 4.79 Å². The number of aliphatic hydroxyl groups is 1. The number of nitrogens with zero attached hydrogens (tertiary/aromatic N) is 1. The molecule has 1 amide bonds. The fraction of sp³-hybridized carbons (Fsp3) is 0.357. The first-order chi connectivity index (χ1) is 8.60. The van der Waals surface area contributed by atoms with Crippen molar-refractivity contribution in [2.75, 3.05) is 20.3 Å². The maximum absolute atomic E-state index is 12.0. The fourth-order valence-electron chi connectivity index (χ4n) is 1.38. The lowest BCUT2D eigenvalue weighted by Gasteiger charge is -2.23. The lowest BCUT2D eigenvalue weighted by atomic mass is 10.1. The molecule has 98 valence electrons. The number of benzene rings is 1. The van der Waals surface area contributed by atoms with Crippen molar-refractivity contribution >= 4 is 5.91 Å². The van der Waals surface area contributed by atoms with Crippen molar-refractivity contribution < 1.29 is 14.6 Å². The highest BCUT2D eigenvalue weighted by Gasteiger charge is 2.16. The van der Waals surface area contributed by atoms with E-state index in [1.165, 1.54) is 4.90 Å². The van der Waals surface area contributed by atoms with E-state index in [2.05, 4.69) is 6.58 Å². The summed E-state index contributed by atoms with van der Waals surface area (Å²) in [5.41, 5.74) is 0.573. The van der Waals surface area contributed by atoms with Crippen molar-refractivity contribution in [3.8, 4) is 5.75 Å². The minimum Gasteiger partial charge on any atom is -0.490 e. The minimum atomic E-state index is -0.200. The van der Waals surface area contributed by atoms with E-state index < -0.39 is 0 Å². The fourth-order valence-corrected chi connectivity index (χ4v) is 1.38. The molecule has 0 spiro atoms. The second-order valence-electron chi connectivity index (χ2n) is 4.07. The molecule has 1 aromatic carbocycles. The highest BCUT2D eigenvalue weighted by molar-refractivity contribution is 5.94. The number of carbonyl (C=O) groups is 1. The van der Waals surface area contributed by atoms with Gasteiger partial charge in [0.15, 0.2) is 0 Å². The number of likely N-dealkylation sites (N-methyl/N-ethyl adjacent to an activating group) is 1. The number of carbonyl (C=O) groups excluding carboxylic acids is 1. The number of hydrogen-bond donors (Lipinski definition) is 1. The van der Waals surface area contributed by atoms with E-state index in [0.29, 0.717) is 17.9 Å². The summed E-state index contributed by atoms with van der Waals surface area (Å²) >= 11 is 0. The van der Waals surface area contributed by atoms with Crippen LogP contribution in [-0.2, 0) is 0 Å². The SMILES string of the molecule is C=CCOc1ccc(C(=O)N(C)C(C)CO)cc1. The molecule has 1 atom stereocenters. The standard InChI is InChI=1S/C14H19NO3/c1-4-9-18-13-7-5-12(6-8-13)14(17)15(3)11(2)10-16/h4-8,11,16H,1,9-10H2,2-3H3. The molecule has 4 nitrogen and oxygen atoms in total. The van der Waals surface area contributed by atoms with E-state index in [0.717, 1.165) is 0 Å². The molecular weight excluding hydrogens is 230 g/mol. The van der Waals surface area contributed by atoms with Crippen LogP contribution in [0.3, 0.4) is 0 Å². The Hall–Kier alpha value is -1.81. The number of aliphatic hydroxyl groups excluding tert-OH is 1. The molecule has 4 heteroatoms. The van der Waals surface area contributed by atoms with Crippen LogP contribution in [0.15, 0.2) is 36.9 Å². The van der Waals surface area contributed by atoms with Crippen molar-refractivity contribution in [2.45, 2.75) is 13.0 Å². The Balaban J connectivity index is 2.72. The molecule has 1 aromatic rings. The van der Waals surface area contributed by atoms with Gasteiger partial charge in [0.05, 0.1) is 12.6 Å². The van der Waals surface area contributed by atoms with Crippen LogP contribution in [0.1, 0.15) is 17.3 Å². The van der Waals surface area contributed by atoms with Gasteiger partial charge >= 0.3 is 0 Å². The van der Waals surface area contributed by atoms with E-state index in [9.17, 15) is 4.79 Å². The van der Waals surface area contributed by atoms with Crippen molar-refractivity contribution in [3.05, 3.63) is 42.5 Å². The summed E-state index contributed by atoms with van der Waals surface area (Å²) < 4.78 is 5.34. The van der Waals surface area contributed by atoms with Crippen LogP contribution in [0.5, 0.6) is 5.75 Å². The van der Waals surface area contributed by atoms with Gasteiger partial charge in [-0.1, -0.05) is 12.7 Å². The molecular formula is C14H19NO3. The van der Waals surface area contributed by atoms with Gasteiger partial charge in [0, 0.05) is 12.6 Å². The summed E-state index contributed by atoms with van der Waals surface area (Å²) in [6.45, 7) is 5.74. The zero-order valence-electron chi connectivity index (χ0n) is 10.8. The molecule has 0 saturated carbocycles. The van der Waals surface area contributed by atoms with Crippen molar-refractivity contribution in [2.24, 2.45) is 0 Å². The molecule has 0 radical (unpaired) electrons. The molecule has 0 fully saturated rings. The maximum atomic E-state index is 12.0. The van der Waals surface area contributed by atoms with Gasteiger partial charge in [-0.15, -0.1) is 0 Å². The van der Waals surface area contributed by atoms with E-state index in [1.807, 2.05) is 0 Å². The summed E-state index contributed by atoms with van der Waals surface area (Å²) in [7, 11) is 1.67. The van der Waals surface area contributed by atoms with Gasteiger partial charge in [0.25, 0.3) is 5.91 Å². The Bertz CT molecular complexity index is 400. The minimum absolute atomic E-state index is 0.0528. The Morgan fingerprint density at radius 3 is 2.61 bits per heavy atom. The quantitative estimate of drug-likeness (QED) is 0.781. The Morgan fingerprint density at radius 2 is 2.11 bits per heavy atom. The lowest BCUT2D eigenvalue weighted by Crippen LogP contribution is -2.37. The van der Waals surface area contributed by atoms with Crippen LogP contribution >= 0.6 is 0 Å². The third-order valence-corrected chi connectivity index (χ3v) is 2.71. The van der Waals surface area contributed by atoms with Crippen LogP contribution < -0.4 is 4.74 Å². The molecule has 1 rings (SSSR count). The highest BCUT2D eigenvalue weighted by atomic mass is 16.5. The van der Waals surface area contributed by atoms with Crippen LogP contribution in [0.2, 0.25) is 0 Å². The molecule has 1 unspecified atom stereocenters. The highest BCUT2D eigenvalue weighted by Crippen LogP contribution is 2.14. The molecule has 0 heterocycles. The van der Waals surface area contributed by atoms with Gasteiger partial charge in [-0.05, 0) is 31.2 Å². The van der Waals surface area contributed by atoms with Gasteiger partial charge in [0.2, 0.25) is 0 Å². The largest absolute Gasteiger partial charge is 0.490 e. The normalized spacial score (nSPS) is 11.7. The third-order valence-electron chi connectivity index (χ3n) is 2.71. The monoisotopic (exact) mass is 249 g/mol. The second-order valence-corrected chi connectivity index (χ2v) is 4.07. The number of rotatable bonds is 6. The molecule has 1 N–H and O–H groups in total. The Morgan fingerprint density at radius 1 is 1.50 bits per heavy atom. The van der Waals surface area contributed by atoms with E-state index in [4.69, 9.17) is 9.84 Å². The van der Waals surface area contributed by atoms with E-state index >= 15 is 0 Å². The van der Waals surface area contributed by atoms with Gasteiger partial charge in [-0.2, -0.15) is 0 Å². The second kappa shape index (κ2) is 6.81. The van der Waals surface area contributed by atoms with Gasteiger partial charge < -0.3 is 14.7 Å². The predicted octanol–water partition coefficient (Wildman–Crippen LogP) is 1.70. The van der Waals surface area contributed by atoms with Crippen molar-refractivity contribution in [1.29, 1.82) is 0 Å². The average Bonchev–Trinajstić information content (AvgIpc) is 2.43. The molecule has 0 aliphatic rings. The van der Waals surface area contributed by atoms with Crippen molar-refractivity contribution in [1.82, 2.24) is 4.90 Å². The summed E-state index contributed by atoms with van der Waals surface area (Å²) in [4.78, 5) is 13.5. The summed E-state index contributed by atoms with van der Waals surface area (Å²) in [5, 5.41) is 9.02. The first-order valence-electron chi connectivity index (χ1n) is 5.82. The first kappa shape index (κ1) is 14.3.